The van der Waals surface area contributed by atoms with Gasteiger partial charge in [0.15, 0.2) is 0 Å². The average molecular weight is 334 g/mol. The molecule has 0 radical (unpaired) electrons. The molecule has 4 rings (SSSR count). The summed E-state index contributed by atoms with van der Waals surface area (Å²) in [6, 6.07) is 16.6. The van der Waals surface area contributed by atoms with Gasteiger partial charge in [0, 0.05) is 42.7 Å². The minimum Gasteiger partial charge on any atom is -0.481 e. The number of carboxylic acid groups (broad SMARTS) is 1. The van der Waals surface area contributed by atoms with Crippen molar-refractivity contribution in [1.82, 2.24) is 9.88 Å². The molecule has 0 saturated heterocycles. The van der Waals surface area contributed by atoms with Crippen molar-refractivity contribution in [2.45, 2.75) is 25.8 Å². The van der Waals surface area contributed by atoms with E-state index < -0.39 is 5.97 Å². The molecule has 2 heterocycles. The highest BCUT2D eigenvalue weighted by molar-refractivity contribution is 5.86. The summed E-state index contributed by atoms with van der Waals surface area (Å²) in [5.41, 5.74) is 5.99. The van der Waals surface area contributed by atoms with Crippen LogP contribution in [0.3, 0.4) is 0 Å². The fourth-order valence-corrected chi connectivity index (χ4v) is 3.72. The fraction of sp³-hybridized carbons (Fsp3) is 0.286. The van der Waals surface area contributed by atoms with Gasteiger partial charge in [-0.1, -0.05) is 36.4 Å². The Morgan fingerprint density at radius 3 is 2.76 bits per heavy atom. The summed E-state index contributed by atoms with van der Waals surface area (Å²) in [4.78, 5) is 17.0. The van der Waals surface area contributed by atoms with Crippen LogP contribution in [0.4, 0.5) is 0 Å². The Labute approximate surface area is 147 Å². The SMILES string of the molecule is O=C(O)Cc1ccc2[nH]c3c(c2c1)CN(CCc1ccccc1)CC3. The van der Waals surface area contributed by atoms with Crippen LogP contribution in [0.5, 0.6) is 0 Å². The number of carbonyl (C=O) groups is 1. The third-order valence-corrected chi connectivity index (χ3v) is 5.03. The van der Waals surface area contributed by atoms with E-state index in [9.17, 15) is 4.79 Å². The van der Waals surface area contributed by atoms with Gasteiger partial charge in [-0.25, -0.2) is 0 Å². The van der Waals surface area contributed by atoms with Gasteiger partial charge in [0.25, 0.3) is 0 Å². The Balaban J connectivity index is 1.53. The first-order valence-corrected chi connectivity index (χ1v) is 8.79. The first-order valence-electron chi connectivity index (χ1n) is 8.79. The van der Waals surface area contributed by atoms with Crippen LogP contribution in [0, 0.1) is 0 Å². The van der Waals surface area contributed by atoms with Crippen molar-refractivity contribution in [1.29, 1.82) is 0 Å². The zero-order chi connectivity index (χ0) is 17.2. The Morgan fingerprint density at radius 1 is 1.12 bits per heavy atom. The molecular weight excluding hydrogens is 312 g/mol. The van der Waals surface area contributed by atoms with Crippen LogP contribution in [0.15, 0.2) is 48.5 Å². The number of carboxylic acids is 1. The highest BCUT2D eigenvalue weighted by atomic mass is 16.4. The second kappa shape index (κ2) is 6.73. The molecule has 4 nitrogen and oxygen atoms in total. The monoisotopic (exact) mass is 334 g/mol. The van der Waals surface area contributed by atoms with Crippen molar-refractivity contribution in [2.24, 2.45) is 0 Å². The van der Waals surface area contributed by atoms with Crippen LogP contribution >= 0.6 is 0 Å². The number of nitrogens with zero attached hydrogens (tertiary/aromatic N) is 1. The van der Waals surface area contributed by atoms with Gasteiger partial charge in [0.05, 0.1) is 6.42 Å². The molecular formula is C21H22N2O2. The molecule has 0 unspecified atom stereocenters. The molecule has 0 bridgehead atoms. The van der Waals surface area contributed by atoms with E-state index in [1.165, 1.54) is 22.2 Å². The van der Waals surface area contributed by atoms with E-state index in [0.717, 1.165) is 43.6 Å². The number of hydrogen-bond acceptors (Lipinski definition) is 2. The summed E-state index contributed by atoms with van der Waals surface area (Å²) in [5.74, 6) is -0.784. The topological polar surface area (TPSA) is 56.3 Å². The lowest BCUT2D eigenvalue weighted by molar-refractivity contribution is -0.136. The number of benzene rings is 2. The highest BCUT2D eigenvalue weighted by Gasteiger charge is 2.20. The molecule has 1 aliphatic rings. The van der Waals surface area contributed by atoms with Crippen molar-refractivity contribution >= 4 is 16.9 Å². The van der Waals surface area contributed by atoms with Gasteiger partial charge in [0.2, 0.25) is 0 Å². The first kappa shape index (κ1) is 15.9. The number of H-pyrrole nitrogens is 1. The second-order valence-corrected chi connectivity index (χ2v) is 6.79. The smallest absolute Gasteiger partial charge is 0.307 e. The Morgan fingerprint density at radius 2 is 1.96 bits per heavy atom. The summed E-state index contributed by atoms with van der Waals surface area (Å²) in [6.07, 6.45) is 2.16. The van der Waals surface area contributed by atoms with Crippen LogP contribution < -0.4 is 0 Å². The Kier molecular flexibility index (Phi) is 4.28. The molecule has 1 aliphatic heterocycles. The molecule has 1 aromatic heterocycles. The van der Waals surface area contributed by atoms with Gasteiger partial charge in [-0.2, -0.15) is 0 Å². The fourth-order valence-electron chi connectivity index (χ4n) is 3.72. The third-order valence-electron chi connectivity index (χ3n) is 5.03. The number of rotatable bonds is 5. The van der Waals surface area contributed by atoms with Gasteiger partial charge in [-0.3, -0.25) is 9.69 Å². The van der Waals surface area contributed by atoms with Gasteiger partial charge >= 0.3 is 5.97 Å². The van der Waals surface area contributed by atoms with Crippen molar-refractivity contribution in [3.8, 4) is 0 Å². The van der Waals surface area contributed by atoms with E-state index >= 15 is 0 Å². The molecule has 0 spiro atoms. The molecule has 25 heavy (non-hydrogen) atoms. The van der Waals surface area contributed by atoms with Gasteiger partial charge in [-0.15, -0.1) is 0 Å². The quantitative estimate of drug-likeness (QED) is 0.752. The standard InChI is InChI=1S/C21H22N2O2/c24-21(25)13-16-6-7-19-17(12-16)18-14-23(11-9-20(18)22-19)10-8-15-4-2-1-3-5-15/h1-7,12,22H,8-11,13-14H2,(H,24,25). The van der Waals surface area contributed by atoms with E-state index in [4.69, 9.17) is 5.11 Å². The van der Waals surface area contributed by atoms with Gasteiger partial charge in [0.1, 0.15) is 0 Å². The second-order valence-electron chi connectivity index (χ2n) is 6.79. The Hall–Kier alpha value is -2.59. The summed E-state index contributed by atoms with van der Waals surface area (Å²) < 4.78 is 0. The molecule has 0 fully saturated rings. The maximum atomic E-state index is 11.0. The third kappa shape index (κ3) is 3.44. The number of aromatic amines is 1. The molecule has 3 aromatic rings. The number of aliphatic carboxylic acids is 1. The minimum absolute atomic E-state index is 0.0770. The Bertz CT molecular complexity index is 899. The largest absolute Gasteiger partial charge is 0.481 e. The predicted molar refractivity (Wildman–Crippen MR) is 98.8 cm³/mol. The lowest BCUT2D eigenvalue weighted by Crippen LogP contribution is -2.32. The van der Waals surface area contributed by atoms with E-state index in [1.807, 2.05) is 18.2 Å². The maximum absolute atomic E-state index is 11.0. The van der Waals surface area contributed by atoms with Crippen LogP contribution in [0.1, 0.15) is 22.4 Å². The van der Waals surface area contributed by atoms with Crippen LogP contribution in [0.2, 0.25) is 0 Å². The molecule has 2 aromatic carbocycles. The molecule has 0 amide bonds. The molecule has 0 atom stereocenters. The molecule has 0 saturated carbocycles. The van der Waals surface area contributed by atoms with Gasteiger partial charge in [-0.05, 0) is 35.2 Å². The summed E-state index contributed by atoms with van der Waals surface area (Å²) in [7, 11) is 0. The summed E-state index contributed by atoms with van der Waals surface area (Å²) in [6.45, 7) is 3.04. The molecule has 0 aliphatic carbocycles. The lowest BCUT2D eigenvalue weighted by Gasteiger charge is -2.27. The van der Waals surface area contributed by atoms with E-state index in [-0.39, 0.29) is 6.42 Å². The minimum atomic E-state index is -0.784. The van der Waals surface area contributed by atoms with Crippen LogP contribution in [-0.2, 0) is 30.6 Å². The zero-order valence-electron chi connectivity index (χ0n) is 14.2. The number of aromatic nitrogens is 1. The van der Waals surface area contributed by atoms with E-state index in [0.29, 0.717) is 0 Å². The average Bonchev–Trinajstić information content (AvgIpc) is 2.98. The molecule has 128 valence electrons. The number of nitrogens with one attached hydrogen (secondary N) is 1. The van der Waals surface area contributed by atoms with Crippen molar-refractivity contribution < 1.29 is 9.90 Å². The number of hydrogen-bond donors (Lipinski definition) is 2. The summed E-state index contributed by atoms with van der Waals surface area (Å²) in [5, 5.41) is 10.2. The first-order chi connectivity index (χ1) is 12.2. The maximum Gasteiger partial charge on any atom is 0.307 e. The van der Waals surface area contributed by atoms with E-state index in [1.54, 1.807) is 0 Å². The van der Waals surface area contributed by atoms with Crippen molar-refractivity contribution in [3.05, 3.63) is 70.9 Å². The lowest BCUT2D eigenvalue weighted by atomic mass is 10.0. The molecule has 4 heteroatoms. The van der Waals surface area contributed by atoms with Crippen LogP contribution in [-0.4, -0.2) is 34.0 Å². The normalized spacial score (nSPS) is 14.6. The van der Waals surface area contributed by atoms with Crippen molar-refractivity contribution in [2.75, 3.05) is 13.1 Å². The predicted octanol–water partition coefficient (Wildman–Crippen LogP) is 3.40. The van der Waals surface area contributed by atoms with E-state index in [2.05, 4.69) is 40.2 Å². The zero-order valence-corrected chi connectivity index (χ0v) is 14.2. The number of fused-ring (bicyclic) bond motifs is 3. The highest BCUT2D eigenvalue weighted by Crippen LogP contribution is 2.28. The van der Waals surface area contributed by atoms with Gasteiger partial charge < -0.3 is 10.1 Å². The van der Waals surface area contributed by atoms with Crippen molar-refractivity contribution in [3.63, 3.8) is 0 Å². The summed E-state index contributed by atoms with van der Waals surface area (Å²) >= 11 is 0. The van der Waals surface area contributed by atoms with Crippen LogP contribution in [0.25, 0.3) is 10.9 Å². The molecule has 2 N–H and O–H groups in total.